The van der Waals surface area contributed by atoms with Gasteiger partial charge in [0, 0.05) is 18.2 Å². The molecule has 2 heterocycles. The van der Waals surface area contributed by atoms with E-state index in [9.17, 15) is 4.79 Å². The van der Waals surface area contributed by atoms with Crippen LogP contribution in [0, 0.1) is 0 Å². The van der Waals surface area contributed by atoms with Crippen molar-refractivity contribution in [2.45, 2.75) is 57.7 Å². The standard InChI is InChI=1S/C21H26N4O2.2BrH/c26-21(23-20-9-2-1-3-10-20)19-8-5-12-25(17-19)14-6-13-24-11-4-7-18(16-24)15-22-27;;/h4-5,7-8,11-12,15-17,20H,1-3,6,9-10,13-14H2;2*1H/b22-15+;;. The third-order valence-electron chi connectivity index (χ3n) is 4.98. The number of amides is 1. The highest BCUT2D eigenvalue weighted by Crippen LogP contribution is 2.17. The number of aryl methyl sites for hydroxylation is 2. The molecule has 8 heteroatoms. The van der Waals surface area contributed by atoms with Gasteiger partial charge in [0.25, 0.3) is 5.91 Å². The van der Waals surface area contributed by atoms with Gasteiger partial charge >= 0.3 is 0 Å². The van der Waals surface area contributed by atoms with Crippen molar-refractivity contribution in [2.75, 3.05) is 0 Å². The van der Waals surface area contributed by atoms with Crippen LogP contribution in [-0.4, -0.2) is 23.4 Å². The lowest BCUT2D eigenvalue weighted by molar-refractivity contribution is -0.727. The van der Waals surface area contributed by atoms with Gasteiger partial charge in [0.05, 0.1) is 18.2 Å². The van der Waals surface area contributed by atoms with Crippen LogP contribution in [0.15, 0.2) is 54.2 Å². The Bertz CT molecular complexity index is 796. The number of nitrogens with zero attached hydrogens (tertiary/aromatic N) is 3. The van der Waals surface area contributed by atoms with Gasteiger partial charge in [-0.1, -0.05) is 24.4 Å². The van der Waals surface area contributed by atoms with E-state index in [1.807, 2.05) is 49.1 Å². The van der Waals surface area contributed by atoms with E-state index in [0.717, 1.165) is 43.5 Å². The number of halogens is 2. The summed E-state index contributed by atoms with van der Waals surface area (Å²) in [6.07, 6.45) is 16.1. The Labute approximate surface area is 193 Å². The number of aromatic nitrogens is 2. The zero-order valence-electron chi connectivity index (χ0n) is 16.4. The summed E-state index contributed by atoms with van der Waals surface area (Å²) in [6.45, 7) is 1.68. The molecule has 1 aliphatic rings. The fourth-order valence-corrected chi connectivity index (χ4v) is 3.57. The topological polar surface area (TPSA) is 69.5 Å². The van der Waals surface area contributed by atoms with Crippen LogP contribution in [0.5, 0.6) is 0 Å². The smallest absolute Gasteiger partial charge is 0.257 e. The molecule has 2 N–H and O–H groups in total. The predicted octanol–water partition coefficient (Wildman–Crippen LogP) is -3.77. The summed E-state index contributed by atoms with van der Waals surface area (Å²) in [5.41, 5.74) is 1.57. The molecule has 1 amide bonds. The molecule has 2 aromatic heterocycles. The van der Waals surface area contributed by atoms with Gasteiger partial charge in [0.1, 0.15) is 5.56 Å². The second kappa shape index (κ2) is 13.4. The monoisotopic (exact) mass is 526 g/mol. The van der Waals surface area contributed by atoms with Crippen molar-refractivity contribution in [3.63, 3.8) is 0 Å². The normalized spacial score (nSPS) is 14.1. The number of hydrogen-bond donors (Lipinski definition) is 2. The van der Waals surface area contributed by atoms with Gasteiger partial charge in [0.2, 0.25) is 0 Å². The van der Waals surface area contributed by atoms with Gasteiger partial charge in [-0.05, 0) is 25.0 Å². The Morgan fingerprint density at radius 1 is 1.07 bits per heavy atom. The minimum absolute atomic E-state index is 0. The molecular weight excluding hydrogens is 500 g/mol. The Morgan fingerprint density at radius 2 is 1.72 bits per heavy atom. The van der Waals surface area contributed by atoms with E-state index in [4.69, 9.17) is 5.21 Å². The predicted molar refractivity (Wildman–Crippen MR) is 102 cm³/mol. The van der Waals surface area contributed by atoms with Gasteiger partial charge in [-0.2, -0.15) is 0 Å². The minimum Gasteiger partial charge on any atom is -1.00 e. The maximum absolute atomic E-state index is 12.5. The highest BCUT2D eigenvalue weighted by atomic mass is 79.9. The van der Waals surface area contributed by atoms with Crippen LogP contribution in [0.4, 0.5) is 0 Å². The summed E-state index contributed by atoms with van der Waals surface area (Å²) in [4.78, 5) is 12.5. The van der Waals surface area contributed by atoms with Crippen LogP contribution in [-0.2, 0) is 13.1 Å². The van der Waals surface area contributed by atoms with Crippen molar-refractivity contribution in [1.82, 2.24) is 5.32 Å². The van der Waals surface area contributed by atoms with Gasteiger partial charge in [-0.15, -0.1) is 0 Å². The Morgan fingerprint density at radius 3 is 2.41 bits per heavy atom. The SMILES string of the molecule is O=C(NC1CCCCC1)c1ccc[n+](CCC[n+]2cccc(/C=N/O)c2)c1.[Br-].[Br-]. The average molecular weight is 528 g/mol. The first kappa shape index (κ1) is 25.2. The Hall–Kier alpha value is -1.80. The fraction of sp³-hybridized carbons (Fsp3) is 0.429. The minimum atomic E-state index is 0. The summed E-state index contributed by atoms with van der Waals surface area (Å²) < 4.78 is 4.13. The molecule has 1 aliphatic carbocycles. The highest BCUT2D eigenvalue weighted by Gasteiger charge is 2.18. The van der Waals surface area contributed by atoms with Crippen molar-refractivity contribution in [2.24, 2.45) is 5.16 Å². The number of pyridine rings is 2. The first-order chi connectivity index (χ1) is 13.2. The third-order valence-corrected chi connectivity index (χ3v) is 4.98. The number of carbonyl (C=O) groups excluding carboxylic acids is 1. The van der Waals surface area contributed by atoms with E-state index < -0.39 is 0 Å². The number of carbonyl (C=O) groups is 1. The second-order valence-electron chi connectivity index (χ2n) is 7.11. The molecule has 0 saturated heterocycles. The molecule has 6 nitrogen and oxygen atoms in total. The molecule has 29 heavy (non-hydrogen) atoms. The molecule has 1 saturated carbocycles. The molecule has 0 aromatic carbocycles. The molecule has 0 unspecified atom stereocenters. The van der Waals surface area contributed by atoms with Crippen LogP contribution >= 0.6 is 0 Å². The molecule has 0 aliphatic heterocycles. The summed E-state index contributed by atoms with van der Waals surface area (Å²) in [6, 6.07) is 7.95. The molecule has 0 bridgehead atoms. The van der Waals surface area contributed by atoms with Gasteiger partial charge in [0.15, 0.2) is 37.9 Å². The Kier molecular flexibility index (Phi) is 11.7. The van der Waals surface area contributed by atoms with Crippen LogP contribution < -0.4 is 48.4 Å². The lowest BCUT2D eigenvalue weighted by Gasteiger charge is -2.22. The maximum Gasteiger partial charge on any atom is 0.257 e. The number of nitrogens with one attached hydrogen (secondary N) is 1. The summed E-state index contributed by atoms with van der Waals surface area (Å²) in [7, 11) is 0. The Balaban J connectivity index is 0.00000210. The molecule has 0 radical (unpaired) electrons. The van der Waals surface area contributed by atoms with Crippen LogP contribution in [0.25, 0.3) is 0 Å². The van der Waals surface area contributed by atoms with E-state index in [-0.39, 0.29) is 39.9 Å². The average Bonchev–Trinajstić information content (AvgIpc) is 2.70. The summed E-state index contributed by atoms with van der Waals surface area (Å²) >= 11 is 0. The maximum atomic E-state index is 12.5. The van der Waals surface area contributed by atoms with Gasteiger partial charge in [-0.3, -0.25) is 4.79 Å². The van der Waals surface area contributed by atoms with Crippen molar-refractivity contribution < 1.29 is 53.1 Å². The van der Waals surface area contributed by atoms with Crippen LogP contribution in [0.3, 0.4) is 0 Å². The molecule has 2 aromatic rings. The van der Waals surface area contributed by atoms with Crippen LogP contribution in [0.2, 0.25) is 0 Å². The summed E-state index contributed by atoms with van der Waals surface area (Å²) in [5.74, 6) is 0.0293. The van der Waals surface area contributed by atoms with E-state index in [1.54, 1.807) is 0 Å². The number of oxime groups is 1. The first-order valence-corrected chi connectivity index (χ1v) is 9.71. The van der Waals surface area contributed by atoms with Crippen molar-refractivity contribution in [3.8, 4) is 0 Å². The van der Waals surface area contributed by atoms with E-state index in [0.29, 0.717) is 6.04 Å². The zero-order chi connectivity index (χ0) is 18.9. The largest absolute Gasteiger partial charge is 1.00 e. The molecule has 0 spiro atoms. The molecular formula is C21H28Br2N4O2. The van der Waals surface area contributed by atoms with Crippen molar-refractivity contribution in [3.05, 3.63) is 60.2 Å². The van der Waals surface area contributed by atoms with Gasteiger partial charge < -0.3 is 44.5 Å². The lowest BCUT2D eigenvalue weighted by atomic mass is 9.95. The summed E-state index contributed by atoms with van der Waals surface area (Å²) in [5, 5.41) is 14.9. The second-order valence-corrected chi connectivity index (χ2v) is 7.11. The molecule has 158 valence electrons. The fourth-order valence-electron chi connectivity index (χ4n) is 3.57. The molecule has 3 rings (SSSR count). The lowest BCUT2D eigenvalue weighted by Crippen LogP contribution is -3.00. The first-order valence-electron chi connectivity index (χ1n) is 9.71. The van der Waals surface area contributed by atoms with Crippen LogP contribution in [0.1, 0.15) is 54.4 Å². The van der Waals surface area contributed by atoms with E-state index in [2.05, 4.69) is 19.6 Å². The van der Waals surface area contributed by atoms with E-state index >= 15 is 0 Å². The molecule has 1 fully saturated rings. The quantitative estimate of drug-likeness (QED) is 0.168. The number of hydrogen-bond acceptors (Lipinski definition) is 3. The van der Waals surface area contributed by atoms with Gasteiger partial charge in [-0.25, -0.2) is 9.13 Å². The zero-order valence-corrected chi connectivity index (χ0v) is 19.6. The number of rotatable bonds is 7. The van der Waals surface area contributed by atoms with E-state index in [1.165, 1.54) is 25.5 Å². The molecule has 0 atom stereocenters. The highest BCUT2D eigenvalue weighted by molar-refractivity contribution is 5.93. The van der Waals surface area contributed by atoms with Crippen molar-refractivity contribution >= 4 is 12.1 Å². The third kappa shape index (κ3) is 8.22. The van der Waals surface area contributed by atoms with Crippen molar-refractivity contribution in [1.29, 1.82) is 0 Å².